The van der Waals surface area contributed by atoms with Gasteiger partial charge in [0, 0.05) is 22.3 Å². The number of rotatable bonds is 3. The zero-order valence-corrected chi connectivity index (χ0v) is 12.3. The number of hydrogen-bond acceptors (Lipinski definition) is 1. The minimum Gasteiger partial charge on any atom is -0.365 e. The van der Waals surface area contributed by atoms with Gasteiger partial charge in [-0.2, -0.15) is 0 Å². The van der Waals surface area contributed by atoms with Gasteiger partial charge in [0.25, 0.3) is 11.6 Å². The first-order chi connectivity index (χ1) is 10.6. The molecule has 22 heavy (non-hydrogen) atoms. The van der Waals surface area contributed by atoms with Crippen molar-refractivity contribution in [2.75, 3.05) is 0 Å². The van der Waals surface area contributed by atoms with Gasteiger partial charge in [0.15, 0.2) is 5.69 Å². The topological polar surface area (TPSA) is 87.4 Å². The second kappa shape index (κ2) is 5.69. The second-order valence-corrected chi connectivity index (χ2v) is 4.97. The van der Waals surface area contributed by atoms with E-state index in [1.807, 2.05) is 30.5 Å². The molecule has 0 saturated carbocycles. The largest absolute Gasteiger partial charge is 0.365 e. The third kappa shape index (κ3) is 2.67. The van der Waals surface area contributed by atoms with Crippen molar-refractivity contribution in [1.29, 1.82) is 0 Å². The number of guanidine groups is 1. The third-order valence-electron chi connectivity index (χ3n) is 3.47. The molecule has 0 atom stereocenters. The molecular formula is C16H18N6+2. The number of benzene rings is 1. The Kier molecular flexibility index (Phi) is 3.57. The molecular weight excluding hydrogens is 276 g/mol. The van der Waals surface area contributed by atoms with Crippen LogP contribution >= 0.6 is 0 Å². The van der Waals surface area contributed by atoms with Crippen molar-refractivity contribution in [3.8, 4) is 11.3 Å². The van der Waals surface area contributed by atoms with Gasteiger partial charge in [0.1, 0.15) is 6.20 Å². The number of nitrogens with zero attached hydrogens (tertiary/aromatic N) is 3. The quantitative estimate of drug-likeness (QED) is 0.253. The summed E-state index contributed by atoms with van der Waals surface area (Å²) in [7, 11) is 2.06. The normalized spacial score (nSPS) is 11.1. The van der Waals surface area contributed by atoms with E-state index >= 15 is 0 Å². The average Bonchev–Trinajstić information content (AvgIpc) is 2.85. The van der Waals surface area contributed by atoms with Gasteiger partial charge >= 0.3 is 0 Å². The number of hydrazone groups is 1. The van der Waals surface area contributed by atoms with Gasteiger partial charge in [-0.15, -0.1) is 5.10 Å². The molecule has 0 unspecified atom stereocenters. The number of nitrogens with one attached hydrogen (secondary N) is 1. The van der Waals surface area contributed by atoms with Crippen LogP contribution in [-0.2, 0) is 7.05 Å². The predicted molar refractivity (Wildman–Crippen MR) is 85.9 cm³/mol. The predicted octanol–water partition coefficient (Wildman–Crippen LogP) is -0.881. The standard InChI is InChI=1S/C16H17N6/c1-21-14(11-22-9-3-2-4-15(21)22)13-7-5-12(6-8-13)10-19-20-16(17)18/h2-11H,1H3,(H4,17,18,20)/q+1/p+1/b19-10-. The lowest BCUT2D eigenvalue weighted by atomic mass is 10.1. The molecule has 5 N–H and O–H groups in total. The van der Waals surface area contributed by atoms with Crippen molar-refractivity contribution in [2.24, 2.45) is 23.6 Å². The summed E-state index contributed by atoms with van der Waals surface area (Å²) >= 11 is 0. The molecule has 0 aliphatic carbocycles. The van der Waals surface area contributed by atoms with Crippen LogP contribution in [0.15, 0.2) is 60.0 Å². The number of aromatic nitrogens is 2. The van der Waals surface area contributed by atoms with Crippen molar-refractivity contribution in [1.82, 2.24) is 4.57 Å². The van der Waals surface area contributed by atoms with Gasteiger partial charge in [0.2, 0.25) is 6.21 Å². The Balaban J connectivity index is 1.93. The molecule has 3 rings (SSSR count). The first-order valence-corrected chi connectivity index (χ1v) is 6.89. The zero-order valence-electron chi connectivity index (χ0n) is 12.3. The van der Waals surface area contributed by atoms with Crippen LogP contribution < -0.4 is 21.0 Å². The van der Waals surface area contributed by atoms with E-state index in [0.717, 1.165) is 22.5 Å². The molecule has 2 heterocycles. The van der Waals surface area contributed by atoms with Crippen LogP contribution in [0, 0.1) is 0 Å². The summed E-state index contributed by atoms with van der Waals surface area (Å²) in [6.45, 7) is 0. The maximum atomic E-state index is 5.25. The van der Waals surface area contributed by atoms with Crippen LogP contribution in [0.3, 0.4) is 0 Å². The summed E-state index contributed by atoms with van der Waals surface area (Å²) in [6, 6.07) is 14.3. The van der Waals surface area contributed by atoms with E-state index in [2.05, 4.69) is 50.6 Å². The van der Waals surface area contributed by atoms with Gasteiger partial charge in [-0.1, -0.05) is 6.07 Å². The first kappa shape index (κ1) is 13.8. The lowest BCUT2D eigenvalue weighted by molar-refractivity contribution is -0.510. The number of imidazole rings is 1. The summed E-state index contributed by atoms with van der Waals surface area (Å²) < 4.78 is 4.27. The molecule has 0 saturated heterocycles. The fraction of sp³-hybridized carbons (Fsp3) is 0.0625. The highest BCUT2D eigenvalue weighted by atomic mass is 15.3. The Morgan fingerprint density at radius 2 is 1.95 bits per heavy atom. The van der Waals surface area contributed by atoms with Gasteiger partial charge in [-0.3, -0.25) is 0 Å². The molecule has 0 fully saturated rings. The number of aryl methyl sites for hydroxylation is 1. The molecule has 6 nitrogen and oxygen atoms in total. The first-order valence-electron chi connectivity index (χ1n) is 6.89. The minimum absolute atomic E-state index is 0.000366. The fourth-order valence-corrected chi connectivity index (χ4v) is 2.38. The summed E-state index contributed by atoms with van der Waals surface area (Å²) in [5, 5.41) is 6.40. The molecule has 3 aromatic rings. The maximum Gasteiger partial charge on any atom is 0.286 e. The van der Waals surface area contributed by atoms with Crippen LogP contribution in [-0.4, -0.2) is 16.7 Å². The Hall–Kier alpha value is -3.15. The molecule has 2 aromatic heterocycles. The third-order valence-corrected chi connectivity index (χ3v) is 3.47. The molecule has 0 aliphatic rings. The lowest BCUT2D eigenvalue weighted by Crippen LogP contribution is -2.63. The zero-order chi connectivity index (χ0) is 15.5. The average molecular weight is 294 g/mol. The lowest BCUT2D eigenvalue weighted by Gasteiger charge is -1.97. The number of hydrogen-bond donors (Lipinski definition) is 3. The maximum absolute atomic E-state index is 5.25. The molecule has 0 radical (unpaired) electrons. The number of nitrogens with two attached hydrogens (primary N) is 2. The van der Waals surface area contributed by atoms with Crippen LogP contribution in [0.2, 0.25) is 0 Å². The van der Waals surface area contributed by atoms with E-state index in [1.165, 1.54) is 0 Å². The van der Waals surface area contributed by atoms with E-state index in [1.54, 1.807) is 6.21 Å². The summed E-state index contributed by atoms with van der Waals surface area (Å²) in [5.41, 5.74) is 14.9. The molecule has 0 bridgehead atoms. The summed E-state index contributed by atoms with van der Waals surface area (Å²) in [5.74, 6) is 0.000366. The van der Waals surface area contributed by atoms with Gasteiger partial charge in [-0.25, -0.2) is 8.97 Å². The van der Waals surface area contributed by atoms with E-state index in [4.69, 9.17) is 11.5 Å². The van der Waals surface area contributed by atoms with Gasteiger partial charge in [-0.05, 0) is 30.3 Å². The van der Waals surface area contributed by atoms with Gasteiger partial charge in [0.05, 0.1) is 13.2 Å². The Bertz CT molecular complexity index is 854. The van der Waals surface area contributed by atoms with Crippen molar-refractivity contribution in [3.63, 3.8) is 0 Å². The van der Waals surface area contributed by atoms with Crippen molar-refractivity contribution < 1.29 is 9.50 Å². The van der Waals surface area contributed by atoms with Crippen molar-refractivity contribution in [3.05, 3.63) is 60.4 Å². The smallest absolute Gasteiger partial charge is 0.286 e. The summed E-state index contributed by atoms with van der Waals surface area (Å²) in [6.07, 6.45) is 5.89. The Morgan fingerprint density at radius 3 is 2.64 bits per heavy atom. The van der Waals surface area contributed by atoms with Gasteiger partial charge < -0.3 is 11.5 Å². The van der Waals surface area contributed by atoms with Crippen molar-refractivity contribution >= 4 is 17.8 Å². The van der Waals surface area contributed by atoms with E-state index in [9.17, 15) is 0 Å². The van der Waals surface area contributed by atoms with Crippen LogP contribution in [0.1, 0.15) is 5.56 Å². The highest BCUT2D eigenvalue weighted by Gasteiger charge is 2.14. The molecule has 6 heteroatoms. The van der Waals surface area contributed by atoms with Crippen molar-refractivity contribution in [2.45, 2.75) is 0 Å². The highest BCUT2D eigenvalue weighted by molar-refractivity contribution is 5.78. The number of fused-ring (bicyclic) bond motifs is 1. The van der Waals surface area contributed by atoms with E-state index in [0.29, 0.717) is 0 Å². The van der Waals surface area contributed by atoms with Crippen LogP contribution in [0.4, 0.5) is 0 Å². The Labute approximate surface area is 128 Å². The van der Waals surface area contributed by atoms with Crippen LogP contribution in [0.25, 0.3) is 16.9 Å². The molecule has 0 spiro atoms. The monoisotopic (exact) mass is 294 g/mol. The minimum atomic E-state index is 0.000366. The van der Waals surface area contributed by atoms with E-state index in [-0.39, 0.29) is 5.96 Å². The highest BCUT2D eigenvalue weighted by Crippen LogP contribution is 2.19. The number of pyridine rings is 1. The fourth-order valence-electron chi connectivity index (χ4n) is 2.38. The SMILES string of the molecule is Cn1c(-c2ccc(/C=[NH+]\N=C(N)N)cc2)c[n+]2ccccc12. The molecule has 110 valence electrons. The summed E-state index contributed by atoms with van der Waals surface area (Å²) in [4.78, 5) is 0. The van der Waals surface area contributed by atoms with E-state index < -0.39 is 0 Å². The second-order valence-electron chi connectivity index (χ2n) is 4.97. The molecule has 1 aromatic carbocycles. The molecule has 0 aliphatic heterocycles. The van der Waals surface area contributed by atoms with Crippen LogP contribution in [0.5, 0.6) is 0 Å². The Morgan fingerprint density at radius 1 is 1.18 bits per heavy atom. The molecule has 0 amide bonds.